The van der Waals surface area contributed by atoms with Crippen LogP contribution in [0, 0.1) is 11.8 Å². The minimum absolute atomic E-state index is 0.0781. The molecule has 1 aromatic heterocycles. The number of rotatable bonds is 8. The summed E-state index contributed by atoms with van der Waals surface area (Å²) in [7, 11) is 1.57. The Bertz CT molecular complexity index is 986. The average Bonchev–Trinajstić information content (AvgIpc) is 3.32. The van der Waals surface area contributed by atoms with Gasteiger partial charge in [0.2, 0.25) is 5.91 Å². The highest BCUT2D eigenvalue weighted by molar-refractivity contribution is 5.97. The number of esters is 1. The van der Waals surface area contributed by atoms with Crippen LogP contribution in [0.5, 0.6) is 5.75 Å². The van der Waals surface area contributed by atoms with Crippen LogP contribution in [0.4, 0.5) is 0 Å². The van der Waals surface area contributed by atoms with Crippen molar-refractivity contribution in [1.82, 2.24) is 15.4 Å². The maximum atomic E-state index is 13.2. The molecule has 0 saturated carbocycles. The summed E-state index contributed by atoms with van der Waals surface area (Å²) < 4.78 is 15.7. The molecule has 178 valence electrons. The van der Waals surface area contributed by atoms with E-state index in [2.05, 4.69) is 10.5 Å². The lowest BCUT2D eigenvalue weighted by Gasteiger charge is -2.35. The standard InChI is InChI=1S/C24H31N3O6/c1-5-32-24(30)17-9-7-11-27(14-17)23(29)21(15(2)3)25-22(28)19-13-20(33-26-19)16-8-6-10-18(12-16)31-4/h6,8,10,12-13,15,17,21H,5,7,9,11,14H2,1-4H3,(H,25,28)/t17-,21+/m1/s1. The van der Waals surface area contributed by atoms with Gasteiger partial charge in [-0.05, 0) is 37.8 Å². The molecule has 2 aromatic rings. The molecule has 0 bridgehead atoms. The molecule has 1 aliphatic rings. The molecule has 0 unspecified atom stereocenters. The number of aromatic nitrogens is 1. The fourth-order valence-electron chi connectivity index (χ4n) is 3.85. The zero-order chi connectivity index (χ0) is 24.0. The van der Waals surface area contributed by atoms with Gasteiger partial charge in [-0.3, -0.25) is 14.4 Å². The lowest BCUT2D eigenvalue weighted by atomic mass is 9.95. The molecule has 0 aliphatic carbocycles. The number of hydrogen-bond donors (Lipinski definition) is 1. The van der Waals surface area contributed by atoms with Gasteiger partial charge in [-0.2, -0.15) is 0 Å². The predicted molar refractivity (Wildman–Crippen MR) is 121 cm³/mol. The molecule has 0 radical (unpaired) electrons. The van der Waals surface area contributed by atoms with Crippen LogP contribution in [0.2, 0.25) is 0 Å². The Morgan fingerprint density at radius 1 is 1.27 bits per heavy atom. The summed E-state index contributed by atoms with van der Waals surface area (Å²) >= 11 is 0. The van der Waals surface area contributed by atoms with Crippen LogP contribution in [-0.2, 0) is 14.3 Å². The molecule has 1 fully saturated rings. The Morgan fingerprint density at radius 3 is 2.76 bits per heavy atom. The molecule has 1 N–H and O–H groups in total. The monoisotopic (exact) mass is 457 g/mol. The van der Waals surface area contributed by atoms with E-state index in [-0.39, 0.29) is 29.4 Å². The summed E-state index contributed by atoms with van der Waals surface area (Å²) in [4.78, 5) is 39.9. The Morgan fingerprint density at radius 2 is 2.06 bits per heavy atom. The number of piperidine rings is 1. The van der Waals surface area contributed by atoms with Gasteiger partial charge < -0.3 is 24.2 Å². The van der Waals surface area contributed by atoms with E-state index in [0.29, 0.717) is 44.0 Å². The van der Waals surface area contributed by atoms with Crippen LogP contribution in [0.25, 0.3) is 11.3 Å². The minimum Gasteiger partial charge on any atom is -0.497 e. The largest absolute Gasteiger partial charge is 0.497 e. The number of ether oxygens (including phenoxy) is 2. The van der Waals surface area contributed by atoms with E-state index in [1.807, 2.05) is 26.0 Å². The lowest BCUT2D eigenvalue weighted by molar-refractivity contribution is -0.151. The second-order valence-corrected chi connectivity index (χ2v) is 8.38. The van der Waals surface area contributed by atoms with Gasteiger partial charge in [0.15, 0.2) is 11.5 Å². The van der Waals surface area contributed by atoms with E-state index in [4.69, 9.17) is 14.0 Å². The predicted octanol–water partition coefficient (Wildman–Crippen LogP) is 2.91. The topological polar surface area (TPSA) is 111 Å². The summed E-state index contributed by atoms with van der Waals surface area (Å²) in [6.45, 7) is 6.62. The molecule has 9 nitrogen and oxygen atoms in total. The fourth-order valence-corrected chi connectivity index (χ4v) is 3.85. The second kappa shape index (κ2) is 11.0. The highest BCUT2D eigenvalue weighted by atomic mass is 16.5. The van der Waals surface area contributed by atoms with Crippen molar-refractivity contribution < 1.29 is 28.4 Å². The molecule has 1 aliphatic heterocycles. The maximum Gasteiger partial charge on any atom is 0.310 e. The van der Waals surface area contributed by atoms with Crippen LogP contribution < -0.4 is 10.1 Å². The number of nitrogens with zero attached hydrogens (tertiary/aromatic N) is 2. The molecule has 1 aromatic carbocycles. The molecule has 2 atom stereocenters. The molecular weight excluding hydrogens is 426 g/mol. The van der Waals surface area contributed by atoms with Gasteiger partial charge in [-0.15, -0.1) is 0 Å². The summed E-state index contributed by atoms with van der Waals surface area (Å²) in [5, 5.41) is 6.67. The Kier molecular flexibility index (Phi) is 8.08. The zero-order valence-electron chi connectivity index (χ0n) is 19.5. The first-order valence-corrected chi connectivity index (χ1v) is 11.2. The number of hydrogen-bond acceptors (Lipinski definition) is 7. The van der Waals surface area contributed by atoms with Crippen molar-refractivity contribution in [3.05, 3.63) is 36.0 Å². The molecule has 33 heavy (non-hydrogen) atoms. The molecule has 1 saturated heterocycles. The van der Waals surface area contributed by atoms with E-state index in [0.717, 1.165) is 5.56 Å². The van der Waals surface area contributed by atoms with Crippen molar-refractivity contribution >= 4 is 17.8 Å². The van der Waals surface area contributed by atoms with Gasteiger partial charge in [0.05, 0.1) is 19.6 Å². The van der Waals surface area contributed by atoms with Crippen LogP contribution in [0.3, 0.4) is 0 Å². The third-order valence-electron chi connectivity index (χ3n) is 5.67. The second-order valence-electron chi connectivity index (χ2n) is 8.38. The first-order chi connectivity index (χ1) is 15.8. The molecule has 9 heteroatoms. The highest BCUT2D eigenvalue weighted by Crippen LogP contribution is 2.25. The van der Waals surface area contributed by atoms with E-state index in [9.17, 15) is 14.4 Å². The van der Waals surface area contributed by atoms with Gasteiger partial charge in [0, 0.05) is 24.7 Å². The summed E-state index contributed by atoms with van der Waals surface area (Å²) in [5.74, 6) is -0.431. The van der Waals surface area contributed by atoms with Crippen LogP contribution in [0.15, 0.2) is 34.9 Å². The van der Waals surface area contributed by atoms with Crippen molar-refractivity contribution in [2.24, 2.45) is 11.8 Å². The van der Waals surface area contributed by atoms with Gasteiger partial charge >= 0.3 is 5.97 Å². The van der Waals surface area contributed by atoms with Crippen molar-refractivity contribution in [2.45, 2.75) is 39.7 Å². The van der Waals surface area contributed by atoms with Crippen molar-refractivity contribution in [2.75, 3.05) is 26.8 Å². The van der Waals surface area contributed by atoms with E-state index >= 15 is 0 Å². The zero-order valence-corrected chi connectivity index (χ0v) is 19.5. The van der Waals surface area contributed by atoms with E-state index in [1.165, 1.54) is 6.07 Å². The molecule has 2 amide bonds. The van der Waals surface area contributed by atoms with Crippen molar-refractivity contribution in [1.29, 1.82) is 0 Å². The molecule has 3 rings (SSSR count). The normalized spacial score (nSPS) is 16.9. The van der Waals surface area contributed by atoms with Gasteiger partial charge in [0.25, 0.3) is 5.91 Å². The van der Waals surface area contributed by atoms with Crippen LogP contribution in [-0.4, -0.2) is 60.7 Å². The van der Waals surface area contributed by atoms with Crippen LogP contribution >= 0.6 is 0 Å². The van der Waals surface area contributed by atoms with Gasteiger partial charge in [-0.1, -0.05) is 31.1 Å². The van der Waals surface area contributed by atoms with Crippen molar-refractivity contribution in [3.8, 4) is 17.1 Å². The molecule has 2 heterocycles. The third-order valence-corrected chi connectivity index (χ3v) is 5.67. The molecular formula is C24H31N3O6. The molecule has 0 spiro atoms. The number of amides is 2. The summed E-state index contributed by atoms with van der Waals surface area (Å²) in [5.41, 5.74) is 0.796. The Hall–Kier alpha value is -3.36. The van der Waals surface area contributed by atoms with E-state index in [1.54, 1.807) is 31.1 Å². The number of methoxy groups -OCH3 is 1. The maximum absolute atomic E-state index is 13.2. The number of nitrogens with one attached hydrogen (secondary N) is 1. The lowest BCUT2D eigenvalue weighted by Crippen LogP contribution is -2.54. The first kappa shape index (κ1) is 24.3. The Balaban J connectivity index is 1.69. The number of carbonyl (C=O) groups excluding carboxylic acids is 3. The first-order valence-electron chi connectivity index (χ1n) is 11.2. The summed E-state index contributed by atoms with van der Waals surface area (Å²) in [6, 6.07) is 7.99. The Labute approximate surface area is 193 Å². The number of benzene rings is 1. The smallest absolute Gasteiger partial charge is 0.310 e. The van der Waals surface area contributed by atoms with Crippen LogP contribution in [0.1, 0.15) is 44.1 Å². The van der Waals surface area contributed by atoms with E-state index < -0.39 is 11.9 Å². The number of likely N-dealkylation sites (tertiary alicyclic amines) is 1. The quantitative estimate of drug-likeness (QED) is 0.607. The number of carbonyl (C=O) groups is 3. The minimum atomic E-state index is -0.754. The highest BCUT2D eigenvalue weighted by Gasteiger charge is 2.35. The SMILES string of the molecule is CCOC(=O)[C@@H]1CCCN(C(=O)[C@@H](NC(=O)c2cc(-c3cccc(OC)c3)on2)C(C)C)C1. The van der Waals surface area contributed by atoms with Gasteiger partial charge in [-0.25, -0.2) is 0 Å². The van der Waals surface area contributed by atoms with Crippen molar-refractivity contribution in [3.63, 3.8) is 0 Å². The van der Waals surface area contributed by atoms with Gasteiger partial charge in [0.1, 0.15) is 11.8 Å². The fraction of sp³-hybridized carbons (Fsp3) is 0.500. The average molecular weight is 458 g/mol. The summed E-state index contributed by atoms with van der Waals surface area (Å²) in [6.07, 6.45) is 1.40. The third kappa shape index (κ3) is 5.91.